The maximum absolute atomic E-state index is 10.8. The van der Waals surface area contributed by atoms with Crippen molar-refractivity contribution >= 4 is 0 Å². The molecule has 1 fully saturated rings. The minimum absolute atomic E-state index is 0.211. The predicted molar refractivity (Wildman–Crippen MR) is 67.5 cm³/mol. The summed E-state index contributed by atoms with van der Waals surface area (Å²) in [4.78, 5) is 0. The van der Waals surface area contributed by atoms with E-state index in [2.05, 4.69) is 20.8 Å². The summed E-state index contributed by atoms with van der Waals surface area (Å²) in [5.41, 5.74) is -0.239. The van der Waals surface area contributed by atoms with Crippen LogP contribution in [0, 0.1) is 11.3 Å². The fourth-order valence-corrected chi connectivity index (χ4v) is 3.28. The van der Waals surface area contributed by atoms with Gasteiger partial charge in [0.15, 0.2) is 0 Å². The lowest BCUT2D eigenvalue weighted by Crippen LogP contribution is -2.47. The van der Waals surface area contributed by atoms with E-state index in [1.165, 1.54) is 19.3 Å². The Morgan fingerprint density at radius 2 is 2.00 bits per heavy atom. The van der Waals surface area contributed by atoms with Crippen LogP contribution in [0.4, 0.5) is 0 Å². The molecule has 1 saturated carbocycles. The molecule has 2 nitrogen and oxygen atoms in total. The van der Waals surface area contributed by atoms with Gasteiger partial charge in [0.05, 0.1) is 5.60 Å². The standard InChI is InChI=1S/C14H28O2/c1-13(2,3)12-8-5-6-9-14(12,15)10-7-11-16-4/h12,15H,5-11H2,1-4H3. The Labute approximate surface area is 100 Å². The zero-order valence-corrected chi connectivity index (χ0v) is 11.4. The van der Waals surface area contributed by atoms with Crippen molar-refractivity contribution in [3.8, 4) is 0 Å². The molecular formula is C14H28O2. The molecule has 0 aromatic carbocycles. The van der Waals surface area contributed by atoms with Gasteiger partial charge in [-0.25, -0.2) is 0 Å². The number of methoxy groups -OCH3 is 1. The molecule has 1 aliphatic carbocycles. The predicted octanol–water partition coefficient (Wildman–Crippen LogP) is 3.38. The lowest BCUT2D eigenvalue weighted by atomic mass is 9.62. The number of hydrogen-bond donors (Lipinski definition) is 1. The summed E-state index contributed by atoms with van der Waals surface area (Å²) in [6.45, 7) is 7.53. The lowest BCUT2D eigenvalue weighted by Gasteiger charge is -2.47. The van der Waals surface area contributed by atoms with E-state index in [1.54, 1.807) is 7.11 Å². The number of ether oxygens (including phenoxy) is 1. The third-order valence-corrected chi connectivity index (χ3v) is 4.00. The summed E-state index contributed by atoms with van der Waals surface area (Å²) in [5, 5.41) is 10.8. The second-order valence-electron chi connectivity index (χ2n) is 6.36. The zero-order valence-electron chi connectivity index (χ0n) is 11.4. The Kier molecular flexibility index (Phi) is 4.81. The summed E-state index contributed by atoms with van der Waals surface area (Å²) in [5.74, 6) is 0.436. The molecule has 0 aromatic heterocycles. The van der Waals surface area contributed by atoms with Crippen LogP contribution < -0.4 is 0 Å². The monoisotopic (exact) mass is 228 g/mol. The van der Waals surface area contributed by atoms with E-state index < -0.39 is 5.60 Å². The first-order valence-electron chi connectivity index (χ1n) is 6.61. The Morgan fingerprint density at radius 3 is 2.56 bits per heavy atom. The van der Waals surface area contributed by atoms with E-state index in [-0.39, 0.29) is 5.41 Å². The van der Waals surface area contributed by atoms with Crippen LogP contribution >= 0.6 is 0 Å². The molecule has 0 bridgehead atoms. The number of aliphatic hydroxyl groups is 1. The van der Waals surface area contributed by atoms with Crippen LogP contribution in [0.5, 0.6) is 0 Å². The normalized spacial score (nSPS) is 31.7. The van der Waals surface area contributed by atoms with Gasteiger partial charge in [0, 0.05) is 13.7 Å². The first-order chi connectivity index (χ1) is 7.40. The van der Waals surface area contributed by atoms with Crippen molar-refractivity contribution in [1.82, 2.24) is 0 Å². The average Bonchev–Trinajstić information content (AvgIpc) is 2.16. The quantitative estimate of drug-likeness (QED) is 0.747. The summed E-state index contributed by atoms with van der Waals surface area (Å²) >= 11 is 0. The maximum Gasteiger partial charge on any atom is 0.0681 e. The molecule has 0 aromatic rings. The van der Waals surface area contributed by atoms with Crippen LogP contribution in [0.1, 0.15) is 59.3 Å². The highest BCUT2D eigenvalue weighted by Gasteiger charge is 2.44. The Bertz CT molecular complexity index is 207. The van der Waals surface area contributed by atoms with Crippen molar-refractivity contribution in [1.29, 1.82) is 0 Å². The molecule has 2 unspecified atom stereocenters. The highest BCUT2D eigenvalue weighted by atomic mass is 16.5. The lowest BCUT2D eigenvalue weighted by molar-refractivity contribution is -0.0979. The molecule has 0 spiro atoms. The van der Waals surface area contributed by atoms with Gasteiger partial charge in [-0.2, -0.15) is 0 Å². The summed E-state index contributed by atoms with van der Waals surface area (Å²) in [6.07, 6.45) is 6.46. The van der Waals surface area contributed by atoms with E-state index in [4.69, 9.17) is 4.74 Å². The summed E-state index contributed by atoms with van der Waals surface area (Å²) < 4.78 is 5.09. The Hall–Kier alpha value is -0.0800. The van der Waals surface area contributed by atoms with Crippen LogP contribution in [0.3, 0.4) is 0 Å². The largest absolute Gasteiger partial charge is 0.390 e. The van der Waals surface area contributed by atoms with Crippen molar-refractivity contribution in [2.75, 3.05) is 13.7 Å². The second-order valence-corrected chi connectivity index (χ2v) is 6.36. The molecule has 16 heavy (non-hydrogen) atoms. The Morgan fingerprint density at radius 1 is 1.31 bits per heavy atom. The van der Waals surface area contributed by atoms with Crippen LogP contribution in [0.15, 0.2) is 0 Å². The molecule has 1 N–H and O–H groups in total. The molecule has 1 rings (SSSR count). The van der Waals surface area contributed by atoms with Crippen LogP contribution in [-0.4, -0.2) is 24.4 Å². The fourth-order valence-electron chi connectivity index (χ4n) is 3.28. The zero-order chi connectivity index (χ0) is 12.2. The molecule has 0 heterocycles. The molecule has 96 valence electrons. The topological polar surface area (TPSA) is 29.5 Å². The van der Waals surface area contributed by atoms with Gasteiger partial charge in [0.25, 0.3) is 0 Å². The molecule has 0 saturated heterocycles. The van der Waals surface area contributed by atoms with Gasteiger partial charge in [-0.1, -0.05) is 33.6 Å². The maximum atomic E-state index is 10.8. The van der Waals surface area contributed by atoms with E-state index >= 15 is 0 Å². The van der Waals surface area contributed by atoms with Gasteiger partial charge in [-0.3, -0.25) is 0 Å². The summed E-state index contributed by atoms with van der Waals surface area (Å²) in [7, 11) is 1.73. The van der Waals surface area contributed by atoms with Gasteiger partial charge in [-0.15, -0.1) is 0 Å². The SMILES string of the molecule is COCCCC1(O)CCCCC1C(C)(C)C. The molecule has 0 radical (unpaired) electrons. The van der Waals surface area contributed by atoms with E-state index in [9.17, 15) is 5.11 Å². The molecule has 0 amide bonds. The third kappa shape index (κ3) is 3.46. The van der Waals surface area contributed by atoms with Crippen molar-refractivity contribution in [3.63, 3.8) is 0 Å². The van der Waals surface area contributed by atoms with Gasteiger partial charge < -0.3 is 9.84 Å². The highest BCUT2D eigenvalue weighted by molar-refractivity contribution is 4.95. The van der Waals surface area contributed by atoms with Gasteiger partial charge in [0.2, 0.25) is 0 Å². The molecule has 0 aliphatic heterocycles. The van der Waals surface area contributed by atoms with Crippen LogP contribution in [-0.2, 0) is 4.74 Å². The summed E-state index contributed by atoms with van der Waals surface area (Å²) in [6, 6.07) is 0. The minimum atomic E-state index is -0.449. The minimum Gasteiger partial charge on any atom is -0.390 e. The number of hydrogen-bond acceptors (Lipinski definition) is 2. The first kappa shape index (κ1) is 14.0. The van der Waals surface area contributed by atoms with E-state index in [0.717, 1.165) is 25.9 Å². The molecular weight excluding hydrogens is 200 g/mol. The average molecular weight is 228 g/mol. The fraction of sp³-hybridized carbons (Fsp3) is 1.00. The van der Waals surface area contributed by atoms with Crippen molar-refractivity contribution in [2.45, 2.75) is 64.9 Å². The van der Waals surface area contributed by atoms with E-state index in [1.807, 2.05) is 0 Å². The van der Waals surface area contributed by atoms with Crippen molar-refractivity contribution in [3.05, 3.63) is 0 Å². The molecule has 2 atom stereocenters. The van der Waals surface area contributed by atoms with Crippen molar-refractivity contribution in [2.24, 2.45) is 11.3 Å². The second kappa shape index (κ2) is 5.50. The molecule has 2 heteroatoms. The first-order valence-corrected chi connectivity index (χ1v) is 6.61. The van der Waals surface area contributed by atoms with E-state index in [0.29, 0.717) is 5.92 Å². The van der Waals surface area contributed by atoms with Crippen LogP contribution in [0.25, 0.3) is 0 Å². The van der Waals surface area contributed by atoms with Gasteiger partial charge >= 0.3 is 0 Å². The highest BCUT2D eigenvalue weighted by Crippen LogP contribution is 2.46. The van der Waals surface area contributed by atoms with Gasteiger partial charge in [0.1, 0.15) is 0 Å². The number of rotatable bonds is 4. The van der Waals surface area contributed by atoms with Crippen molar-refractivity contribution < 1.29 is 9.84 Å². The van der Waals surface area contributed by atoms with Crippen LogP contribution in [0.2, 0.25) is 0 Å². The van der Waals surface area contributed by atoms with Gasteiger partial charge in [-0.05, 0) is 37.0 Å². The smallest absolute Gasteiger partial charge is 0.0681 e. The Balaban J connectivity index is 2.64. The molecule has 1 aliphatic rings. The third-order valence-electron chi connectivity index (χ3n) is 4.00.